The average Bonchev–Trinajstić information content (AvgIpc) is 2.60. The van der Waals surface area contributed by atoms with E-state index in [0.29, 0.717) is 5.69 Å². The Balaban J connectivity index is 3.12. The van der Waals surface area contributed by atoms with Crippen LogP contribution < -0.4 is 0 Å². The van der Waals surface area contributed by atoms with Gasteiger partial charge in [0.05, 0.1) is 0 Å². The summed E-state index contributed by atoms with van der Waals surface area (Å²) < 4.78 is 1.46. The highest BCUT2D eigenvalue weighted by molar-refractivity contribution is 8.14. The Morgan fingerprint density at radius 3 is 2.35 bits per heavy atom. The van der Waals surface area contributed by atoms with Gasteiger partial charge in [0.1, 0.15) is 5.69 Å². The molecule has 1 heterocycles. The molecule has 0 fully saturated rings. The van der Waals surface area contributed by atoms with Crippen LogP contribution in [0.3, 0.4) is 0 Å². The Hall–Kier alpha value is -1.30. The van der Waals surface area contributed by atoms with Crippen molar-refractivity contribution in [2.45, 2.75) is 39.0 Å². The van der Waals surface area contributed by atoms with Gasteiger partial charge in [-0.25, -0.2) is 4.79 Å². The molecule has 1 aromatic heterocycles. The largest absolute Gasteiger partial charge is 0.476 e. The number of carbonyl (C=O) groups excluding carboxylic acids is 1. The van der Waals surface area contributed by atoms with Gasteiger partial charge in [-0.3, -0.25) is 9.48 Å². The van der Waals surface area contributed by atoms with Crippen LogP contribution in [0.2, 0.25) is 0 Å². The highest BCUT2D eigenvalue weighted by atomic mass is 32.2. The minimum atomic E-state index is -1.12. The number of carboxylic acids is 1. The smallest absolute Gasteiger partial charge is 0.356 e. The molecule has 1 aromatic rings. The van der Waals surface area contributed by atoms with Gasteiger partial charge >= 0.3 is 5.97 Å². The van der Waals surface area contributed by atoms with Crippen molar-refractivity contribution >= 4 is 22.8 Å². The lowest BCUT2D eigenvalue weighted by Crippen LogP contribution is -2.12. The Bertz CT molecular complexity index is 438. The van der Waals surface area contributed by atoms with Crippen LogP contribution in [0.1, 0.15) is 54.7 Å². The molecule has 0 bridgehead atoms. The van der Waals surface area contributed by atoms with Gasteiger partial charge in [0.25, 0.3) is 0 Å². The standard InChI is InChI=1S/C11H16N2O3S/c1-6(2)13-9(11(16)17-7(3)4)5-8(12-13)10(14)15/h5-7H,1-4H3,(H,14,15). The van der Waals surface area contributed by atoms with Crippen molar-refractivity contribution in [2.24, 2.45) is 0 Å². The molecule has 0 radical (unpaired) electrons. The van der Waals surface area contributed by atoms with Crippen molar-refractivity contribution in [3.05, 3.63) is 17.5 Å². The van der Waals surface area contributed by atoms with E-state index in [1.54, 1.807) is 0 Å². The molecule has 0 amide bonds. The molecule has 1 rings (SSSR count). The molecular formula is C11H16N2O3S. The topological polar surface area (TPSA) is 72.2 Å². The van der Waals surface area contributed by atoms with Crippen molar-refractivity contribution in [2.75, 3.05) is 0 Å². The molecule has 0 saturated heterocycles. The highest BCUT2D eigenvalue weighted by Gasteiger charge is 2.21. The molecule has 0 unspecified atom stereocenters. The summed E-state index contributed by atoms with van der Waals surface area (Å²) in [5, 5.41) is 12.8. The maximum absolute atomic E-state index is 11.9. The normalized spacial score (nSPS) is 11.2. The van der Waals surface area contributed by atoms with Crippen LogP contribution >= 0.6 is 11.8 Å². The lowest BCUT2D eigenvalue weighted by Gasteiger charge is -2.10. The number of carbonyl (C=O) groups is 2. The van der Waals surface area contributed by atoms with Crippen molar-refractivity contribution < 1.29 is 14.7 Å². The zero-order valence-electron chi connectivity index (χ0n) is 10.3. The molecule has 6 heteroatoms. The average molecular weight is 256 g/mol. The zero-order chi connectivity index (χ0) is 13.2. The molecule has 0 aliphatic heterocycles. The molecule has 0 saturated carbocycles. The number of hydrogen-bond acceptors (Lipinski definition) is 4. The SMILES string of the molecule is CC(C)SC(=O)c1cc(C(=O)O)nn1C(C)C. The van der Waals surface area contributed by atoms with E-state index >= 15 is 0 Å². The summed E-state index contributed by atoms with van der Waals surface area (Å²) in [5.74, 6) is -1.12. The molecule has 0 atom stereocenters. The summed E-state index contributed by atoms with van der Waals surface area (Å²) in [6.07, 6.45) is 0. The molecule has 0 spiro atoms. The number of aromatic carboxylic acids is 1. The first-order chi connectivity index (χ1) is 7.82. The third kappa shape index (κ3) is 3.33. The van der Waals surface area contributed by atoms with E-state index < -0.39 is 5.97 Å². The number of carboxylic acid groups (broad SMARTS) is 1. The first-order valence-corrected chi connectivity index (χ1v) is 6.24. The van der Waals surface area contributed by atoms with Gasteiger partial charge in [-0.15, -0.1) is 0 Å². The molecule has 0 aromatic carbocycles. The molecule has 17 heavy (non-hydrogen) atoms. The van der Waals surface area contributed by atoms with Gasteiger partial charge in [0.15, 0.2) is 5.69 Å². The van der Waals surface area contributed by atoms with Gasteiger partial charge < -0.3 is 5.11 Å². The molecular weight excluding hydrogens is 240 g/mol. The molecule has 0 aliphatic rings. The van der Waals surface area contributed by atoms with Crippen LogP contribution in [0, 0.1) is 0 Å². The van der Waals surface area contributed by atoms with E-state index in [2.05, 4.69) is 5.10 Å². The first-order valence-electron chi connectivity index (χ1n) is 5.36. The summed E-state index contributed by atoms with van der Waals surface area (Å²) >= 11 is 1.17. The predicted molar refractivity (Wildman–Crippen MR) is 66.6 cm³/mol. The van der Waals surface area contributed by atoms with Gasteiger partial charge in [-0.05, 0) is 13.8 Å². The van der Waals surface area contributed by atoms with E-state index in [0.717, 1.165) is 0 Å². The Kier molecular flexibility index (Phi) is 4.34. The third-order valence-corrected chi connectivity index (χ3v) is 2.89. The summed E-state index contributed by atoms with van der Waals surface area (Å²) in [7, 11) is 0. The van der Waals surface area contributed by atoms with E-state index in [9.17, 15) is 9.59 Å². The second-order valence-corrected chi connectivity index (χ2v) is 5.76. The number of hydrogen-bond donors (Lipinski definition) is 1. The fraction of sp³-hybridized carbons (Fsp3) is 0.545. The van der Waals surface area contributed by atoms with Crippen LogP contribution in [-0.4, -0.2) is 31.2 Å². The number of aromatic nitrogens is 2. The summed E-state index contributed by atoms with van der Waals surface area (Å²) in [4.78, 5) is 22.8. The van der Waals surface area contributed by atoms with Crippen LogP contribution in [0.5, 0.6) is 0 Å². The highest BCUT2D eigenvalue weighted by Crippen LogP contribution is 2.20. The van der Waals surface area contributed by atoms with Gasteiger partial charge in [-0.2, -0.15) is 5.10 Å². The fourth-order valence-corrected chi connectivity index (χ4v) is 2.02. The van der Waals surface area contributed by atoms with E-state index in [-0.39, 0.29) is 22.1 Å². The molecule has 1 N–H and O–H groups in total. The lowest BCUT2D eigenvalue weighted by atomic mass is 10.3. The van der Waals surface area contributed by atoms with E-state index in [4.69, 9.17) is 5.11 Å². The minimum Gasteiger partial charge on any atom is -0.476 e. The third-order valence-electron chi connectivity index (χ3n) is 2.00. The summed E-state index contributed by atoms with van der Waals surface area (Å²) in [5.41, 5.74) is 0.252. The maximum atomic E-state index is 11.9. The predicted octanol–water partition coefficient (Wildman–Crippen LogP) is 2.44. The number of nitrogens with zero attached hydrogens (tertiary/aromatic N) is 2. The minimum absolute atomic E-state index is 0.0465. The van der Waals surface area contributed by atoms with Gasteiger partial charge in [0, 0.05) is 17.4 Å². The Labute approximate surface area is 104 Å². The van der Waals surface area contributed by atoms with Gasteiger partial charge in [0.2, 0.25) is 5.12 Å². The first kappa shape index (κ1) is 13.8. The van der Waals surface area contributed by atoms with Gasteiger partial charge in [-0.1, -0.05) is 25.6 Å². The zero-order valence-corrected chi connectivity index (χ0v) is 11.1. The number of thioether (sulfide) groups is 1. The maximum Gasteiger partial charge on any atom is 0.356 e. The number of rotatable bonds is 4. The monoisotopic (exact) mass is 256 g/mol. The van der Waals surface area contributed by atoms with Crippen molar-refractivity contribution in [1.29, 1.82) is 0 Å². The van der Waals surface area contributed by atoms with Crippen LogP contribution in [0.4, 0.5) is 0 Å². The summed E-state index contributed by atoms with van der Waals surface area (Å²) in [6.45, 7) is 7.54. The quantitative estimate of drug-likeness (QED) is 0.895. The van der Waals surface area contributed by atoms with Crippen LogP contribution in [0.25, 0.3) is 0 Å². The van der Waals surface area contributed by atoms with E-state index in [1.165, 1.54) is 22.5 Å². The van der Waals surface area contributed by atoms with Crippen molar-refractivity contribution in [3.63, 3.8) is 0 Å². The fourth-order valence-electron chi connectivity index (χ4n) is 1.32. The Morgan fingerprint density at radius 2 is 1.94 bits per heavy atom. The molecule has 5 nitrogen and oxygen atoms in total. The van der Waals surface area contributed by atoms with Crippen molar-refractivity contribution in [1.82, 2.24) is 9.78 Å². The van der Waals surface area contributed by atoms with Crippen LogP contribution in [0.15, 0.2) is 6.07 Å². The molecule has 0 aliphatic carbocycles. The second-order valence-electron chi connectivity index (χ2n) is 4.21. The van der Waals surface area contributed by atoms with E-state index in [1.807, 2.05) is 27.7 Å². The van der Waals surface area contributed by atoms with Crippen molar-refractivity contribution in [3.8, 4) is 0 Å². The summed E-state index contributed by atoms with van der Waals surface area (Å²) in [6, 6.07) is 1.29. The molecule has 94 valence electrons. The van der Waals surface area contributed by atoms with Crippen LogP contribution in [-0.2, 0) is 0 Å². The Morgan fingerprint density at radius 1 is 1.35 bits per heavy atom. The second kappa shape index (κ2) is 5.35. The lowest BCUT2D eigenvalue weighted by molar-refractivity contribution is 0.0689.